The summed E-state index contributed by atoms with van der Waals surface area (Å²) in [5, 5.41) is 0. The SMILES string of the molecule is Cc1ccccc1-c1cc(-c2ccc(C3C4CCCC3C4)cc2)cc[n+]1C.Cc1ccccc1-c1cc(-c2cccc(C3C4CCCC3C4)c2)cc[n+]1C.Cc1ccccc1-c1cc(-c2cccc(CC3CC4CCC3(C)C4(C)C)c2)cc[n+]1C.[2H]C([2H])(c1cccc(-c2cc[n+](C)c(-c3ccccc3C)c2)c1)C1CC2CCC1(C)C2(C)C.[2H]C1(c2ccc(-c3cc[n+](C)c(-c4ccccc4C)c3)cc2)C2CCCC1C2. The molecule has 25 rings (SSSR count). The Morgan fingerprint density at radius 2 is 0.559 bits per heavy atom. The third-order valence-electron chi connectivity index (χ3n) is 38.8. The molecule has 5 nitrogen and oxygen atoms in total. The highest BCUT2D eigenvalue weighted by atomic mass is 14.9. The van der Waals surface area contributed by atoms with Crippen LogP contribution in [0.3, 0.4) is 0 Å². The second kappa shape index (κ2) is 40.5. The first kappa shape index (κ1) is 93.3. The molecule has 15 aromatic rings. The van der Waals surface area contributed by atoms with Crippen molar-refractivity contribution in [2.75, 3.05) is 0 Å². The lowest BCUT2D eigenvalue weighted by Gasteiger charge is -2.50. The van der Waals surface area contributed by atoms with Crippen LogP contribution in [-0.2, 0) is 48.0 Å². The van der Waals surface area contributed by atoms with Crippen LogP contribution < -0.4 is 22.8 Å². The van der Waals surface area contributed by atoms with E-state index in [1.165, 1.54) is 249 Å². The molecule has 10 fully saturated rings. The van der Waals surface area contributed by atoms with Crippen molar-refractivity contribution in [3.63, 3.8) is 0 Å². The largest absolute Gasteiger partial charge is 0.213 e. The van der Waals surface area contributed by atoms with Crippen LogP contribution in [0.15, 0.2) is 334 Å². The van der Waals surface area contributed by atoms with Gasteiger partial charge in [-0.15, -0.1) is 0 Å². The first-order valence-corrected chi connectivity index (χ1v) is 54.6. The summed E-state index contributed by atoms with van der Waals surface area (Å²) in [6, 6.07) is 111. The third-order valence-corrected chi connectivity index (χ3v) is 38.8. The first-order valence-electron chi connectivity index (χ1n) is 56.1. The van der Waals surface area contributed by atoms with Gasteiger partial charge in [-0.3, -0.25) is 0 Å². The zero-order valence-corrected chi connectivity index (χ0v) is 88.4. The predicted molar refractivity (Wildman–Crippen MR) is 594 cm³/mol. The van der Waals surface area contributed by atoms with E-state index in [0.29, 0.717) is 28.6 Å². The second-order valence-electron chi connectivity index (χ2n) is 47.0. The number of fused-ring (bicyclic) bond motifs is 10. The Balaban J connectivity index is 0.000000107. The van der Waals surface area contributed by atoms with E-state index in [1.54, 1.807) is 11.1 Å². The summed E-state index contributed by atoms with van der Waals surface area (Å²) in [5.74, 6) is 8.68. The Morgan fingerprint density at radius 1 is 0.266 bits per heavy atom. The summed E-state index contributed by atoms with van der Waals surface area (Å²) in [4.78, 5) is 0. The highest BCUT2D eigenvalue weighted by Gasteiger charge is 2.62. The minimum Gasteiger partial charge on any atom is -0.201 e. The van der Waals surface area contributed by atoms with E-state index in [-0.39, 0.29) is 22.6 Å². The Morgan fingerprint density at radius 3 is 0.895 bits per heavy atom. The zero-order valence-electron chi connectivity index (χ0n) is 91.4. The maximum Gasteiger partial charge on any atom is 0.213 e. The molecule has 0 N–H and O–H groups in total. The van der Waals surface area contributed by atoms with Gasteiger partial charge in [0.25, 0.3) is 0 Å². The topological polar surface area (TPSA) is 19.4 Å². The molecule has 10 bridgehead atoms. The van der Waals surface area contributed by atoms with Crippen molar-refractivity contribution in [1.82, 2.24) is 0 Å². The average molecular weight is 1890 g/mol. The molecule has 5 heterocycles. The van der Waals surface area contributed by atoms with Gasteiger partial charge in [0.1, 0.15) is 35.2 Å². The molecule has 0 spiro atoms. The van der Waals surface area contributed by atoms with Crippen LogP contribution >= 0.6 is 0 Å². The Labute approximate surface area is 861 Å². The lowest BCUT2D eigenvalue weighted by Crippen LogP contribution is -2.38. The molecule has 143 heavy (non-hydrogen) atoms. The molecular weight excluding hydrogens is 1730 g/mol. The zero-order chi connectivity index (χ0) is 101. The normalized spacial score (nSPS) is 25.8. The van der Waals surface area contributed by atoms with Crippen LogP contribution in [0.4, 0.5) is 0 Å². The van der Waals surface area contributed by atoms with E-state index in [9.17, 15) is 2.74 Å². The molecular formula is C138H156N5+5. The molecule has 10 aliphatic rings. The van der Waals surface area contributed by atoms with Gasteiger partial charge in [-0.2, -0.15) is 0 Å². The molecule has 10 aliphatic carbocycles. The average Bonchev–Trinajstić information content (AvgIpc) is 1.57. The molecule has 12 unspecified atom stereocenters. The minimum atomic E-state index is -1.34. The van der Waals surface area contributed by atoms with Gasteiger partial charge in [-0.25, -0.2) is 22.8 Å². The second-order valence-corrected chi connectivity index (χ2v) is 47.0. The van der Waals surface area contributed by atoms with Crippen LogP contribution in [0.1, 0.15) is 235 Å². The summed E-state index contributed by atoms with van der Waals surface area (Å²) in [6.07, 6.45) is 35.0. The predicted octanol–water partition coefficient (Wildman–Crippen LogP) is 32.5. The number of benzene rings is 10. The molecule has 5 aromatic heterocycles. The highest BCUT2D eigenvalue weighted by Crippen LogP contribution is 2.70. The number of nitrogens with zero attached hydrogens (tertiary/aromatic N) is 5. The van der Waals surface area contributed by atoms with Crippen LogP contribution in [0, 0.1) is 115 Å². The molecule has 5 heteroatoms. The Bertz CT molecular complexity index is 7280. The monoisotopic (exact) mass is 1890 g/mol. The quantitative estimate of drug-likeness (QED) is 0.0810. The molecule has 0 saturated heterocycles. The number of hydrogen-bond donors (Lipinski definition) is 0. The van der Waals surface area contributed by atoms with E-state index in [2.05, 4.69) is 456 Å². The van der Waals surface area contributed by atoms with Gasteiger partial charge >= 0.3 is 0 Å². The lowest BCUT2D eigenvalue weighted by atomic mass is 9.55. The molecule has 10 saturated carbocycles. The van der Waals surface area contributed by atoms with Crippen molar-refractivity contribution in [1.29, 1.82) is 0 Å². The summed E-state index contributed by atoms with van der Waals surface area (Å²) < 4.78 is 38.7. The maximum absolute atomic E-state index is 9.28. The van der Waals surface area contributed by atoms with Crippen molar-refractivity contribution in [3.05, 3.63) is 390 Å². The number of aryl methyl sites for hydroxylation is 10. The van der Waals surface area contributed by atoms with Crippen molar-refractivity contribution in [2.45, 2.75) is 222 Å². The molecule has 0 amide bonds. The van der Waals surface area contributed by atoms with Crippen molar-refractivity contribution < 1.29 is 26.9 Å². The van der Waals surface area contributed by atoms with Gasteiger partial charge < -0.3 is 0 Å². The van der Waals surface area contributed by atoms with Crippen LogP contribution in [0.25, 0.3) is 112 Å². The Kier molecular flexibility index (Phi) is 26.4. The molecule has 728 valence electrons. The van der Waals surface area contributed by atoms with E-state index in [4.69, 9.17) is 1.37 Å². The smallest absolute Gasteiger partial charge is 0.201 e. The fraction of sp³-hybridized carbons (Fsp3) is 0.384. The van der Waals surface area contributed by atoms with Gasteiger partial charge in [0, 0.05) is 92.6 Å². The van der Waals surface area contributed by atoms with E-state index in [0.717, 1.165) is 76.9 Å². The third kappa shape index (κ3) is 19.1. The summed E-state index contributed by atoms with van der Waals surface area (Å²) in [5.41, 5.74) is 39.6. The number of pyridine rings is 5. The first-order chi connectivity index (χ1) is 70.3. The minimum absolute atomic E-state index is 0.0513. The summed E-state index contributed by atoms with van der Waals surface area (Å²) in [6.45, 7) is 25.6. The van der Waals surface area contributed by atoms with E-state index >= 15 is 0 Å². The van der Waals surface area contributed by atoms with Crippen molar-refractivity contribution >= 4 is 0 Å². The van der Waals surface area contributed by atoms with Crippen molar-refractivity contribution in [2.24, 2.45) is 116 Å². The molecule has 0 aliphatic heterocycles. The summed E-state index contributed by atoms with van der Waals surface area (Å²) >= 11 is 0. The van der Waals surface area contributed by atoms with Gasteiger partial charge in [0.15, 0.2) is 31.0 Å². The fourth-order valence-electron chi connectivity index (χ4n) is 29.0. The van der Waals surface area contributed by atoms with E-state index in [1.807, 2.05) is 12.1 Å². The Hall–Kier alpha value is -12.1. The molecule has 10 aromatic carbocycles. The molecule has 0 radical (unpaired) electrons. The number of rotatable bonds is 17. The van der Waals surface area contributed by atoms with Crippen LogP contribution in [-0.4, -0.2) is 0 Å². The van der Waals surface area contributed by atoms with Gasteiger partial charge in [-0.1, -0.05) is 273 Å². The standard InChI is InChI=1S/2C30H36N.3C26H28N/c2*1-21-9-6-7-12-27(21)28-19-24(14-16-31(28)5)23-11-8-10-22(17-23)18-26-20-25-13-15-30(26,4)29(25,2)3;1-18-7-3-4-12-24(18)25-17-20(13-14-27(25)2)19-8-5-9-21(15-19)26-22-10-6-11-23(26)16-22;2*1-18-6-3-4-9-24(18)25-17-21(14-15-27(25)2)19-10-12-20(13-11-19)26-22-7-5-8-23(26)16-22/h2*6-12,14,16-17,19,25-26H,13,15,18,20H2,1-5H3;3-5,7-9,12-15,17,22-23,26H,6,10-11,16H2,1-2H3;2*3-4,6,9-15,17,22-23,26H,5,7-8,16H2,1-2H3/q5*+1/i18D2;;;26D;. The van der Waals surface area contributed by atoms with Crippen LogP contribution in [0.2, 0.25) is 0 Å². The number of hydrogen-bond acceptors (Lipinski definition) is 0. The number of aromatic nitrogens is 5. The van der Waals surface area contributed by atoms with Crippen molar-refractivity contribution in [3.8, 4) is 112 Å². The maximum atomic E-state index is 9.28. The van der Waals surface area contributed by atoms with Crippen LogP contribution in [0.5, 0.6) is 0 Å². The van der Waals surface area contributed by atoms with E-state index < -0.39 is 6.37 Å². The lowest BCUT2D eigenvalue weighted by molar-refractivity contribution is -0.660. The van der Waals surface area contributed by atoms with Gasteiger partial charge in [0.2, 0.25) is 28.5 Å². The van der Waals surface area contributed by atoms with Gasteiger partial charge in [0.05, 0.1) is 0 Å². The van der Waals surface area contributed by atoms with Gasteiger partial charge in [-0.05, 0) is 384 Å². The fourth-order valence-corrected chi connectivity index (χ4v) is 29.0. The highest BCUT2D eigenvalue weighted by molar-refractivity contribution is 5.76. The molecule has 12 atom stereocenters. The summed E-state index contributed by atoms with van der Waals surface area (Å²) in [7, 11) is 10.6.